The highest BCUT2D eigenvalue weighted by Gasteiger charge is 2.04. The van der Waals surface area contributed by atoms with E-state index in [9.17, 15) is 4.79 Å². The molecule has 114 valence electrons. The van der Waals surface area contributed by atoms with Crippen LogP contribution in [0.2, 0.25) is 0 Å². The first-order valence-corrected chi connectivity index (χ1v) is 8.02. The zero-order chi connectivity index (χ0) is 15.8. The number of carbonyl (C=O) groups excluding carboxylic acids is 1. The molecule has 1 amide bonds. The predicted octanol–water partition coefficient (Wildman–Crippen LogP) is 3.25. The van der Waals surface area contributed by atoms with Crippen LogP contribution in [0.25, 0.3) is 6.08 Å². The molecule has 1 N–H and O–H groups in total. The fourth-order valence-corrected chi connectivity index (χ4v) is 2.03. The summed E-state index contributed by atoms with van der Waals surface area (Å²) < 4.78 is 5.47. The van der Waals surface area contributed by atoms with Crippen LogP contribution in [0, 0.1) is 0 Å². The summed E-state index contributed by atoms with van der Waals surface area (Å²) in [5.41, 5.74) is 1.42. The third-order valence-electron chi connectivity index (χ3n) is 2.70. The van der Waals surface area contributed by atoms with Crippen molar-refractivity contribution in [2.24, 2.45) is 0 Å². The van der Waals surface area contributed by atoms with Gasteiger partial charge in [-0.15, -0.1) is 0 Å². The van der Waals surface area contributed by atoms with Gasteiger partial charge in [0.15, 0.2) is 5.16 Å². The lowest BCUT2D eigenvalue weighted by molar-refractivity contribution is -0.111. The minimum atomic E-state index is -0.235. The molecule has 0 fully saturated rings. The molecule has 0 saturated heterocycles. The number of hydrogen-bond acceptors (Lipinski definition) is 5. The molecule has 5 nitrogen and oxygen atoms in total. The Morgan fingerprint density at radius 2 is 2.05 bits per heavy atom. The second kappa shape index (κ2) is 8.19. The maximum absolute atomic E-state index is 12.0. The summed E-state index contributed by atoms with van der Waals surface area (Å²) in [5.74, 6) is 0.417. The third kappa shape index (κ3) is 4.60. The molecule has 1 aromatic carbocycles. The summed E-state index contributed by atoms with van der Waals surface area (Å²) in [5, 5.41) is 3.49. The predicted molar refractivity (Wildman–Crippen MR) is 89.1 cm³/mol. The Morgan fingerprint density at radius 1 is 1.32 bits per heavy atom. The Hall–Kier alpha value is -2.34. The van der Waals surface area contributed by atoms with Crippen LogP contribution >= 0.6 is 11.8 Å². The van der Waals surface area contributed by atoms with Crippen molar-refractivity contribution < 1.29 is 9.53 Å². The van der Waals surface area contributed by atoms with Gasteiger partial charge < -0.3 is 10.1 Å². The number of amides is 1. The van der Waals surface area contributed by atoms with Gasteiger partial charge in [0.05, 0.1) is 12.3 Å². The molecule has 2 rings (SSSR count). The number of ether oxygens (including phenoxy) is 1. The zero-order valence-electron chi connectivity index (χ0n) is 12.4. The van der Waals surface area contributed by atoms with Crippen molar-refractivity contribution >= 4 is 29.4 Å². The normalized spacial score (nSPS) is 10.6. The van der Waals surface area contributed by atoms with Crippen molar-refractivity contribution in [3.05, 3.63) is 48.3 Å². The van der Waals surface area contributed by atoms with Gasteiger partial charge in [-0.25, -0.2) is 9.97 Å². The topological polar surface area (TPSA) is 64.1 Å². The van der Waals surface area contributed by atoms with Crippen molar-refractivity contribution in [1.82, 2.24) is 9.97 Å². The van der Waals surface area contributed by atoms with Gasteiger partial charge in [0, 0.05) is 24.0 Å². The molecule has 0 unspecified atom stereocenters. The van der Waals surface area contributed by atoms with E-state index in [0.717, 1.165) is 5.56 Å². The molecule has 1 aromatic heterocycles. The van der Waals surface area contributed by atoms with Crippen LogP contribution in [0.4, 0.5) is 5.69 Å². The van der Waals surface area contributed by atoms with E-state index in [1.807, 2.05) is 31.4 Å². The summed E-state index contributed by atoms with van der Waals surface area (Å²) >= 11 is 1.47. The van der Waals surface area contributed by atoms with E-state index >= 15 is 0 Å². The molecule has 0 radical (unpaired) electrons. The van der Waals surface area contributed by atoms with Crippen molar-refractivity contribution in [2.75, 3.05) is 18.2 Å². The molecule has 0 bridgehead atoms. The van der Waals surface area contributed by atoms with Gasteiger partial charge in [-0.3, -0.25) is 4.79 Å². The average Bonchev–Trinajstić information content (AvgIpc) is 2.55. The fraction of sp³-hybridized carbons (Fsp3) is 0.188. The molecule has 6 heteroatoms. The Bertz CT molecular complexity index is 657. The first-order chi connectivity index (χ1) is 10.7. The summed E-state index contributed by atoms with van der Waals surface area (Å²) in [7, 11) is 0. The largest absolute Gasteiger partial charge is 0.492 e. The van der Waals surface area contributed by atoms with Crippen molar-refractivity contribution in [3.8, 4) is 5.75 Å². The van der Waals surface area contributed by atoms with E-state index in [1.165, 1.54) is 17.8 Å². The van der Waals surface area contributed by atoms with Gasteiger partial charge in [-0.1, -0.05) is 23.9 Å². The number of nitrogens with zero attached hydrogens (tertiary/aromatic N) is 2. The Balaban J connectivity index is 2.01. The second-order valence-electron chi connectivity index (χ2n) is 4.25. The van der Waals surface area contributed by atoms with Crippen LogP contribution in [0.3, 0.4) is 0 Å². The van der Waals surface area contributed by atoms with Gasteiger partial charge in [0.25, 0.3) is 0 Å². The molecule has 0 spiro atoms. The third-order valence-corrected chi connectivity index (χ3v) is 3.28. The number of rotatable bonds is 6. The quantitative estimate of drug-likeness (QED) is 0.503. The van der Waals surface area contributed by atoms with Gasteiger partial charge in [0.2, 0.25) is 5.91 Å². The molecule has 2 aromatic rings. The van der Waals surface area contributed by atoms with Crippen LogP contribution in [0.15, 0.2) is 47.9 Å². The highest BCUT2D eigenvalue weighted by molar-refractivity contribution is 7.98. The van der Waals surface area contributed by atoms with E-state index in [2.05, 4.69) is 15.3 Å². The molecule has 0 atom stereocenters. The number of carbonyl (C=O) groups is 1. The van der Waals surface area contributed by atoms with E-state index in [4.69, 9.17) is 4.74 Å². The Morgan fingerprint density at radius 3 is 2.73 bits per heavy atom. The van der Waals surface area contributed by atoms with E-state index in [0.29, 0.717) is 23.2 Å². The summed E-state index contributed by atoms with van der Waals surface area (Å²) in [6, 6.07) is 7.32. The molecule has 0 aliphatic heterocycles. The molecule has 0 aliphatic carbocycles. The molecule has 0 saturated carbocycles. The first kappa shape index (κ1) is 16.0. The van der Waals surface area contributed by atoms with Gasteiger partial charge in [-0.2, -0.15) is 0 Å². The Kier molecular flexibility index (Phi) is 5.97. The molecule has 0 aliphatic rings. The highest BCUT2D eigenvalue weighted by atomic mass is 32.2. The molecular formula is C16H17N3O2S. The maximum Gasteiger partial charge on any atom is 0.248 e. The van der Waals surface area contributed by atoms with Crippen LogP contribution in [-0.2, 0) is 4.79 Å². The average molecular weight is 315 g/mol. The number of thioether (sulfide) groups is 1. The monoisotopic (exact) mass is 315 g/mol. The van der Waals surface area contributed by atoms with Gasteiger partial charge in [0.1, 0.15) is 5.75 Å². The minimum Gasteiger partial charge on any atom is -0.492 e. The minimum absolute atomic E-state index is 0.235. The van der Waals surface area contributed by atoms with Crippen molar-refractivity contribution in [3.63, 3.8) is 0 Å². The van der Waals surface area contributed by atoms with E-state index in [1.54, 1.807) is 24.5 Å². The standard InChI is InChI=1S/C16H17N3O2S/c1-3-21-14-7-5-4-6-13(14)19-15(20)9-8-12-10-17-16(22-2)18-11-12/h4-11H,3H2,1-2H3,(H,19,20)/b9-8+. The van der Waals surface area contributed by atoms with Gasteiger partial charge in [-0.05, 0) is 31.4 Å². The molecule has 22 heavy (non-hydrogen) atoms. The van der Waals surface area contributed by atoms with Crippen molar-refractivity contribution in [1.29, 1.82) is 0 Å². The fourth-order valence-electron chi connectivity index (χ4n) is 1.72. The second-order valence-corrected chi connectivity index (χ2v) is 5.03. The van der Waals surface area contributed by atoms with Crippen LogP contribution in [0.1, 0.15) is 12.5 Å². The number of nitrogens with one attached hydrogen (secondary N) is 1. The van der Waals surface area contributed by atoms with Crippen LogP contribution in [-0.4, -0.2) is 28.7 Å². The highest BCUT2D eigenvalue weighted by Crippen LogP contribution is 2.23. The number of para-hydroxylation sites is 2. The number of aromatic nitrogens is 2. The molecule has 1 heterocycles. The Labute approximate surface area is 133 Å². The van der Waals surface area contributed by atoms with Crippen LogP contribution < -0.4 is 10.1 Å². The lowest BCUT2D eigenvalue weighted by atomic mass is 10.2. The smallest absolute Gasteiger partial charge is 0.248 e. The summed E-state index contributed by atoms with van der Waals surface area (Å²) in [4.78, 5) is 20.3. The van der Waals surface area contributed by atoms with E-state index in [-0.39, 0.29) is 5.91 Å². The van der Waals surface area contributed by atoms with Gasteiger partial charge >= 0.3 is 0 Å². The summed E-state index contributed by atoms with van der Waals surface area (Å²) in [6.45, 7) is 2.44. The SMILES string of the molecule is CCOc1ccccc1NC(=O)/C=C/c1cnc(SC)nc1. The zero-order valence-corrected chi connectivity index (χ0v) is 13.3. The number of anilines is 1. The lowest BCUT2D eigenvalue weighted by Gasteiger charge is -2.09. The first-order valence-electron chi connectivity index (χ1n) is 6.80. The summed E-state index contributed by atoms with van der Waals surface area (Å²) in [6.07, 6.45) is 8.38. The number of hydrogen-bond donors (Lipinski definition) is 1. The number of benzene rings is 1. The lowest BCUT2D eigenvalue weighted by Crippen LogP contribution is -2.09. The maximum atomic E-state index is 12.0. The molecular weight excluding hydrogens is 298 g/mol. The van der Waals surface area contributed by atoms with Crippen LogP contribution in [0.5, 0.6) is 5.75 Å². The van der Waals surface area contributed by atoms with Crippen molar-refractivity contribution in [2.45, 2.75) is 12.1 Å². The van der Waals surface area contributed by atoms with E-state index < -0.39 is 0 Å².